The molecular formula is C7H9NO2. The lowest BCUT2D eigenvalue weighted by Crippen LogP contribution is -2.08. The highest BCUT2D eigenvalue weighted by Gasteiger charge is 2.07. The summed E-state index contributed by atoms with van der Waals surface area (Å²) in [4.78, 5) is 14.1. The van der Waals surface area contributed by atoms with Crippen LogP contribution in [0.4, 0.5) is 0 Å². The zero-order chi connectivity index (χ0) is 7.40. The Morgan fingerprint density at radius 1 is 1.80 bits per heavy atom. The molecule has 1 aliphatic rings. The monoisotopic (exact) mass is 139 g/mol. The molecule has 1 aliphatic heterocycles. The summed E-state index contributed by atoms with van der Waals surface area (Å²) < 4.78 is 0. The van der Waals surface area contributed by atoms with Gasteiger partial charge in [0.1, 0.15) is 0 Å². The predicted molar refractivity (Wildman–Crippen MR) is 38.2 cm³/mol. The van der Waals surface area contributed by atoms with Gasteiger partial charge in [0.05, 0.1) is 13.0 Å². The maximum absolute atomic E-state index is 10.2. The van der Waals surface area contributed by atoms with Gasteiger partial charge < -0.3 is 5.11 Å². The van der Waals surface area contributed by atoms with Crippen LogP contribution in [0.15, 0.2) is 17.1 Å². The number of rotatable bonds is 2. The third kappa shape index (κ3) is 2.01. The minimum Gasteiger partial charge on any atom is -0.481 e. The molecule has 1 unspecified atom stereocenters. The molecule has 0 aromatic rings. The van der Waals surface area contributed by atoms with Gasteiger partial charge in [-0.05, 0) is 0 Å². The molecule has 1 heterocycles. The average molecular weight is 139 g/mol. The molecule has 0 bridgehead atoms. The zero-order valence-corrected chi connectivity index (χ0v) is 5.53. The van der Waals surface area contributed by atoms with Crippen molar-refractivity contribution < 1.29 is 9.90 Å². The summed E-state index contributed by atoms with van der Waals surface area (Å²) in [5.74, 6) is -0.769. The van der Waals surface area contributed by atoms with Crippen LogP contribution in [-0.4, -0.2) is 23.8 Å². The van der Waals surface area contributed by atoms with Crippen molar-refractivity contribution in [2.75, 3.05) is 6.54 Å². The number of carboxylic acid groups (broad SMARTS) is 1. The van der Waals surface area contributed by atoms with Crippen molar-refractivity contribution in [3.8, 4) is 0 Å². The Morgan fingerprint density at radius 3 is 3.10 bits per heavy atom. The van der Waals surface area contributed by atoms with Gasteiger partial charge in [0.25, 0.3) is 0 Å². The summed E-state index contributed by atoms with van der Waals surface area (Å²) >= 11 is 0. The second kappa shape index (κ2) is 3.15. The molecule has 0 aromatic heterocycles. The number of aliphatic carboxylic acids is 1. The molecule has 1 N–H and O–H groups in total. The maximum Gasteiger partial charge on any atom is 0.304 e. The minimum absolute atomic E-state index is 0.00579. The number of carbonyl (C=O) groups is 1. The highest BCUT2D eigenvalue weighted by molar-refractivity contribution is 5.75. The molecular weight excluding hydrogens is 130 g/mol. The zero-order valence-electron chi connectivity index (χ0n) is 5.53. The Morgan fingerprint density at radius 2 is 2.60 bits per heavy atom. The number of aliphatic imine (C=N–C) groups is 1. The lowest BCUT2D eigenvalue weighted by atomic mass is 10.1. The Bertz CT molecular complexity index is 172. The predicted octanol–water partition coefficient (Wildman–Crippen LogP) is 0.718. The second-order valence-electron chi connectivity index (χ2n) is 2.20. The van der Waals surface area contributed by atoms with Crippen LogP contribution in [0.5, 0.6) is 0 Å². The highest BCUT2D eigenvalue weighted by atomic mass is 16.4. The van der Waals surface area contributed by atoms with Crippen molar-refractivity contribution in [2.24, 2.45) is 10.9 Å². The van der Waals surface area contributed by atoms with Crippen LogP contribution in [0.3, 0.4) is 0 Å². The molecule has 3 nitrogen and oxygen atoms in total. The molecule has 0 saturated heterocycles. The summed E-state index contributed by atoms with van der Waals surface area (Å²) in [5, 5.41) is 8.37. The molecule has 10 heavy (non-hydrogen) atoms. The van der Waals surface area contributed by atoms with Crippen molar-refractivity contribution >= 4 is 12.2 Å². The first kappa shape index (κ1) is 6.99. The topological polar surface area (TPSA) is 49.7 Å². The van der Waals surface area contributed by atoms with E-state index in [-0.39, 0.29) is 12.3 Å². The largest absolute Gasteiger partial charge is 0.481 e. The van der Waals surface area contributed by atoms with Crippen LogP contribution >= 0.6 is 0 Å². The van der Waals surface area contributed by atoms with Crippen LogP contribution in [0, 0.1) is 5.92 Å². The summed E-state index contributed by atoms with van der Waals surface area (Å²) in [5.41, 5.74) is 0. The first-order chi connectivity index (χ1) is 4.79. The SMILES string of the molecule is O=C(O)CC1C=CCN=C1. The molecule has 0 spiro atoms. The molecule has 1 rings (SSSR count). The van der Waals surface area contributed by atoms with E-state index in [1.165, 1.54) is 0 Å². The second-order valence-corrected chi connectivity index (χ2v) is 2.20. The molecule has 3 heteroatoms. The summed E-state index contributed by atoms with van der Waals surface area (Å²) in [6.45, 7) is 0.691. The third-order valence-corrected chi connectivity index (χ3v) is 1.30. The quantitative estimate of drug-likeness (QED) is 0.573. The van der Waals surface area contributed by atoms with Crippen LogP contribution in [-0.2, 0) is 4.79 Å². The summed E-state index contributed by atoms with van der Waals surface area (Å²) in [7, 11) is 0. The number of allylic oxidation sites excluding steroid dienone is 1. The van der Waals surface area contributed by atoms with E-state index in [0.29, 0.717) is 6.54 Å². The normalized spacial score (nSPS) is 23.0. The molecule has 0 fully saturated rings. The van der Waals surface area contributed by atoms with Gasteiger partial charge in [0.15, 0.2) is 0 Å². The Balaban J connectivity index is 2.40. The van der Waals surface area contributed by atoms with Crippen LogP contribution in [0.2, 0.25) is 0 Å². The average Bonchev–Trinajstić information content (AvgIpc) is 1.88. The summed E-state index contributed by atoms with van der Waals surface area (Å²) in [6, 6.07) is 0. The molecule has 0 aromatic carbocycles. The van der Waals surface area contributed by atoms with Crippen molar-refractivity contribution in [3.63, 3.8) is 0 Å². The smallest absolute Gasteiger partial charge is 0.304 e. The van der Waals surface area contributed by atoms with Gasteiger partial charge in [-0.25, -0.2) is 0 Å². The fourth-order valence-electron chi connectivity index (χ4n) is 0.865. The van der Waals surface area contributed by atoms with Gasteiger partial charge in [-0.15, -0.1) is 0 Å². The van der Waals surface area contributed by atoms with E-state index in [1.807, 2.05) is 12.2 Å². The molecule has 54 valence electrons. The van der Waals surface area contributed by atoms with Crippen LogP contribution in [0.25, 0.3) is 0 Å². The maximum atomic E-state index is 10.2. The number of nitrogens with zero attached hydrogens (tertiary/aromatic N) is 1. The van der Waals surface area contributed by atoms with Crippen LogP contribution < -0.4 is 0 Å². The van der Waals surface area contributed by atoms with E-state index in [9.17, 15) is 4.79 Å². The van der Waals surface area contributed by atoms with Gasteiger partial charge in [0.2, 0.25) is 0 Å². The van der Waals surface area contributed by atoms with E-state index in [2.05, 4.69) is 4.99 Å². The highest BCUT2D eigenvalue weighted by Crippen LogP contribution is 2.05. The molecule has 0 saturated carbocycles. The number of hydrogen-bond donors (Lipinski definition) is 1. The standard InChI is InChI=1S/C7H9NO2/c9-7(10)4-6-2-1-3-8-5-6/h1-2,5-6H,3-4H2,(H,9,10). The van der Waals surface area contributed by atoms with Gasteiger partial charge in [-0.3, -0.25) is 9.79 Å². The van der Waals surface area contributed by atoms with E-state index >= 15 is 0 Å². The van der Waals surface area contributed by atoms with E-state index in [4.69, 9.17) is 5.11 Å². The first-order valence-corrected chi connectivity index (χ1v) is 3.17. The lowest BCUT2D eigenvalue weighted by molar-refractivity contribution is -0.137. The van der Waals surface area contributed by atoms with Gasteiger partial charge in [0, 0.05) is 12.1 Å². The Kier molecular flexibility index (Phi) is 2.20. The Labute approximate surface area is 59.1 Å². The minimum atomic E-state index is -0.775. The fourth-order valence-corrected chi connectivity index (χ4v) is 0.865. The van der Waals surface area contributed by atoms with Crippen molar-refractivity contribution in [3.05, 3.63) is 12.2 Å². The molecule has 0 amide bonds. The van der Waals surface area contributed by atoms with E-state index in [0.717, 1.165) is 0 Å². The summed E-state index contributed by atoms with van der Waals surface area (Å²) in [6.07, 6.45) is 5.60. The van der Waals surface area contributed by atoms with Crippen molar-refractivity contribution in [1.29, 1.82) is 0 Å². The fraction of sp³-hybridized carbons (Fsp3) is 0.429. The van der Waals surface area contributed by atoms with Crippen molar-refractivity contribution in [2.45, 2.75) is 6.42 Å². The van der Waals surface area contributed by atoms with Gasteiger partial charge >= 0.3 is 5.97 Å². The van der Waals surface area contributed by atoms with Gasteiger partial charge in [-0.1, -0.05) is 12.2 Å². The molecule has 1 atom stereocenters. The lowest BCUT2D eigenvalue weighted by Gasteiger charge is -2.05. The van der Waals surface area contributed by atoms with Crippen molar-refractivity contribution in [1.82, 2.24) is 0 Å². The van der Waals surface area contributed by atoms with Gasteiger partial charge in [-0.2, -0.15) is 0 Å². The number of dihydropyridines is 1. The van der Waals surface area contributed by atoms with E-state index < -0.39 is 5.97 Å². The third-order valence-electron chi connectivity index (χ3n) is 1.30. The molecule has 0 aliphatic carbocycles. The number of hydrogen-bond acceptors (Lipinski definition) is 2. The van der Waals surface area contributed by atoms with E-state index in [1.54, 1.807) is 6.21 Å². The van der Waals surface area contributed by atoms with Crippen LogP contribution in [0.1, 0.15) is 6.42 Å². The number of carboxylic acids is 1. The molecule has 0 radical (unpaired) electrons. The Hall–Kier alpha value is -1.12. The first-order valence-electron chi connectivity index (χ1n) is 3.17.